The van der Waals surface area contributed by atoms with Crippen LogP contribution in [0.2, 0.25) is 0 Å². The molecule has 0 spiro atoms. The van der Waals surface area contributed by atoms with E-state index in [1.807, 2.05) is 32.0 Å². The van der Waals surface area contributed by atoms with Gasteiger partial charge in [-0.05, 0) is 61.6 Å². The van der Waals surface area contributed by atoms with Gasteiger partial charge in [0.2, 0.25) is 5.91 Å². The monoisotopic (exact) mass is 390 g/mol. The first-order valence-electron chi connectivity index (χ1n) is 9.34. The van der Waals surface area contributed by atoms with E-state index in [0.29, 0.717) is 37.8 Å². The summed E-state index contributed by atoms with van der Waals surface area (Å²) in [6, 6.07) is 5.91. The number of H-pyrrole nitrogens is 1. The van der Waals surface area contributed by atoms with E-state index in [9.17, 15) is 18.0 Å². The molecule has 1 aromatic carbocycles. The number of amides is 1. The molecule has 2 heterocycles. The van der Waals surface area contributed by atoms with E-state index in [1.54, 1.807) is 0 Å². The van der Waals surface area contributed by atoms with Crippen molar-refractivity contribution in [3.63, 3.8) is 0 Å². The summed E-state index contributed by atoms with van der Waals surface area (Å²) in [4.78, 5) is 27.2. The summed E-state index contributed by atoms with van der Waals surface area (Å²) < 4.78 is 22.9. The fourth-order valence-corrected chi connectivity index (χ4v) is 5.53. The van der Waals surface area contributed by atoms with Crippen LogP contribution in [0.15, 0.2) is 23.0 Å². The van der Waals surface area contributed by atoms with Crippen molar-refractivity contribution in [2.45, 2.75) is 39.5 Å². The number of fused-ring (bicyclic) bond motifs is 1. The van der Waals surface area contributed by atoms with Crippen molar-refractivity contribution in [2.24, 2.45) is 5.92 Å². The molecule has 1 aliphatic rings. The van der Waals surface area contributed by atoms with E-state index in [-0.39, 0.29) is 28.9 Å². The first-order chi connectivity index (χ1) is 12.7. The van der Waals surface area contributed by atoms with Gasteiger partial charge in [-0.3, -0.25) is 9.59 Å². The maximum atomic E-state index is 12.3. The lowest BCUT2D eigenvalue weighted by molar-refractivity contribution is -0.121. The number of aromatic nitrogens is 1. The second-order valence-corrected chi connectivity index (χ2v) is 9.73. The number of aryl methyl sites for hydroxylation is 2. The predicted octanol–water partition coefficient (Wildman–Crippen LogP) is 2.02. The van der Waals surface area contributed by atoms with Gasteiger partial charge in [-0.1, -0.05) is 12.1 Å². The molecule has 0 bridgehead atoms. The Morgan fingerprint density at radius 2 is 2.07 bits per heavy atom. The summed E-state index contributed by atoms with van der Waals surface area (Å²) in [5.41, 5.74) is 3.58. The SMILES string of the molecule is Cc1ccc2cc(CCNC(=O)CCC3CCS(=O)(=O)C3)c(=O)[nH]c2c1C. The van der Waals surface area contributed by atoms with E-state index in [0.717, 1.165) is 22.0 Å². The molecule has 1 fully saturated rings. The lowest BCUT2D eigenvalue weighted by Crippen LogP contribution is -2.27. The predicted molar refractivity (Wildman–Crippen MR) is 107 cm³/mol. The van der Waals surface area contributed by atoms with Gasteiger partial charge in [-0.2, -0.15) is 0 Å². The molecule has 27 heavy (non-hydrogen) atoms. The summed E-state index contributed by atoms with van der Waals surface area (Å²) >= 11 is 0. The number of hydrogen-bond donors (Lipinski definition) is 2. The van der Waals surface area contributed by atoms with E-state index in [1.165, 1.54) is 0 Å². The molecule has 1 unspecified atom stereocenters. The molecule has 2 N–H and O–H groups in total. The number of carbonyl (C=O) groups excluding carboxylic acids is 1. The van der Waals surface area contributed by atoms with Crippen LogP contribution in [0, 0.1) is 19.8 Å². The summed E-state index contributed by atoms with van der Waals surface area (Å²) in [7, 11) is -2.89. The number of pyridine rings is 1. The standard InChI is InChI=1S/C20H26N2O4S/c1-13-3-5-16-11-17(20(24)22-19(16)14(13)2)7-9-21-18(23)6-4-15-8-10-27(25,26)12-15/h3,5,11,15H,4,6-10,12H2,1-2H3,(H,21,23)(H,22,24). The second kappa shape index (κ2) is 7.84. The number of nitrogens with one attached hydrogen (secondary N) is 2. The van der Waals surface area contributed by atoms with Gasteiger partial charge in [0.15, 0.2) is 9.84 Å². The molecule has 0 radical (unpaired) electrons. The number of rotatable bonds is 6. The molecule has 1 amide bonds. The Morgan fingerprint density at radius 1 is 1.30 bits per heavy atom. The molecule has 3 rings (SSSR count). The number of hydrogen-bond acceptors (Lipinski definition) is 4. The highest BCUT2D eigenvalue weighted by molar-refractivity contribution is 7.91. The average Bonchev–Trinajstić information content (AvgIpc) is 2.97. The Balaban J connectivity index is 1.53. The van der Waals surface area contributed by atoms with Crippen LogP contribution >= 0.6 is 0 Å². The zero-order chi connectivity index (χ0) is 19.6. The molecule has 0 saturated carbocycles. The normalized spacial score (nSPS) is 18.7. The fourth-order valence-electron chi connectivity index (χ4n) is 3.62. The molecule has 146 valence electrons. The lowest BCUT2D eigenvalue weighted by Gasteiger charge is -2.10. The van der Waals surface area contributed by atoms with E-state index in [4.69, 9.17) is 0 Å². The molecule has 0 aliphatic carbocycles. The molecule has 2 aromatic rings. The second-order valence-electron chi connectivity index (χ2n) is 7.50. The van der Waals surface area contributed by atoms with Crippen molar-refractivity contribution < 1.29 is 13.2 Å². The smallest absolute Gasteiger partial charge is 0.251 e. The topological polar surface area (TPSA) is 96.1 Å². The van der Waals surface area contributed by atoms with E-state index in [2.05, 4.69) is 10.3 Å². The molecule has 1 aromatic heterocycles. The van der Waals surface area contributed by atoms with Crippen LogP contribution in [0.3, 0.4) is 0 Å². The average molecular weight is 391 g/mol. The fraction of sp³-hybridized carbons (Fsp3) is 0.500. The minimum absolute atomic E-state index is 0.0933. The van der Waals surface area contributed by atoms with Crippen molar-refractivity contribution in [3.05, 3.63) is 45.2 Å². The third kappa shape index (κ3) is 4.77. The highest BCUT2D eigenvalue weighted by Crippen LogP contribution is 2.22. The van der Waals surface area contributed by atoms with Crippen LogP contribution in [0.4, 0.5) is 0 Å². The Labute approximate surface area is 159 Å². The van der Waals surface area contributed by atoms with Crippen LogP contribution in [0.25, 0.3) is 10.9 Å². The highest BCUT2D eigenvalue weighted by Gasteiger charge is 2.27. The molecular formula is C20H26N2O4S. The third-order valence-electron chi connectivity index (χ3n) is 5.45. The van der Waals surface area contributed by atoms with Crippen molar-refractivity contribution in [1.82, 2.24) is 10.3 Å². The molecule has 1 saturated heterocycles. The highest BCUT2D eigenvalue weighted by atomic mass is 32.2. The number of aromatic amines is 1. The van der Waals surface area contributed by atoms with Gasteiger partial charge in [0.05, 0.1) is 17.0 Å². The first-order valence-corrected chi connectivity index (χ1v) is 11.2. The van der Waals surface area contributed by atoms with Gasteiger partial charge < -0.3 is 10.3 Å². The number of sulfone groups is 1. The molecule has 6 nitrogen and oxygen atoms in total. The minimum Gasteiger partial charge on any atom is -0.356 e. The maximum Gasteiger partial charge on any atom is 0.251 e. The number of benzene rings is 1. The Hall–Kier alpha value is -2.15. The Bertz CT molecular complexity index is 1020. The summed E-state index contributed by atoms with van der Waals surface area (Å²) in [6.07, 6.45) is 2.04. The quantitative estimate of drug-likeness (QED) is 0.789. The molecule has 7 heteroatoms. The van der Waals surface area contributed by atoms with E-state index < -0.39 is 9.84 Å². The van der Waals surface area contributed by atoms with Gasteiger partial charge in [0.25, 0.3) is 5.56 Å². The van der Waals surface area contributed by atoms with Gasteiger partial charge >= 0.3 is 0 Å². The molecule has 1 atom stereocenters. The van der Waals surface area contributed by atoms with Crippen molar-refractivity contribution in [2.75, 3.05) is 18.1 Å². The summed E-state index contributed by atoms with van der Waals surface area (Å²) in [6.45, 7) is 4.39. The van der Waals surface area contributed by atoms with Crippen LogP contribution in [-0.4, -0.2) is 37.4 Å². The van der Waals surface area contributed by atoms with Gasteiger partial charge in [-0.25, -0.2) is 8.42 Å². The van der Waals surface area contributed by atoms with Crippen molar-refractivity contribution in [1.29, 1.82) is 0 Å². The zero-order valence-corrected chi connectivity index (χ0v) is 16.6. The van der Waals surface area contributed by atoms with Crippen molar-refractivity contribution >= 4 is 26.6 Å². The Kier molecular flexibility index (Phi) is 5.69. The van der Waals surface area contributed by atoms with E-state index >= 15 is 0 Å². The van der Waals surface area contributed by atoms with Crippen LogP contribution in [0.5, 0.6) is 0 Å². The maximum absolute atomic E-state index is 12.3. The molecule has 1 aliphatic heterocycles. The first kappa shape index (κ1) is 19.6. The van der Waals surface area contributed by atoms with Gasteiger partial charge in [-0.15, -0.1) is 0 Å². The Morgan fingerprint density at radius 3 is 2.78 bits per heavy atom. The van der Waals surface area contributed by atoms with Crippen molar-refractivity contribution in [3.8, 4) is 0 Å². The van der Waals surface area contributed by atoms with Gasteiger partial charge in [0.1, 0.15) is 0 Å². The molecular weight excluding hydrogens is 364 g/mol. The van der Waals surface area contributed by atoms with Crippen LogP contribution < -0.4 is 10.9 Å². The lowest BCUT2D eigenvalue weighted by atomic mass is 10.0. The summed E-state index contributed by atoms with van der Waals surface area (Å²) in [5, 5.41) is 3.82. The van der Waals surface area contributed by atoms with Gasteiger partial charge in [0, 0.05) is 18.5 Å². The third-order valence-corrected chi connectivity index (χ3v) is 7.29. The number of carbonyl (C=O) groups is 1. The van der Waals surface area contributed by atoms with Crippen LogP contribution in [-0.2, 0) is 21.1 Å². The zero-order valence-electron chi connectivity index (χ0n) is 15.8. The minimum atomic E-state index is -2.89. The summed E-state index contributed by atoms with van der Waals surface area (Å²) in [5.74, 6) is 0.438. The largest absolute Gasteiger partial charge is 0.356 e. The van der Waals surface area contributed by atoms with Crippen LogP contribution in [0.1, 0.15) is 36.0 Å².